The highest BCUT2D eigenvalue weighted by Crippen LogP contribution is 2.66. The van der Waals surface area contributed by atoms with Crippen LogP contribution in [0.2, 0.25) is 0 Å². The number of carbonyl (C=O) groups excluding carboxylic acids is 3. The zero-order valence-electron chi connectivity index (χ0n) is 19.4. The SMILES string of the molecule is CC(C)(C)C(=O)OCC(=O)[C@@H]1CC[C@@H]2[C@H]3CCC4=CC(=O)CC[C@]4(C)[C@H]3CC[C@@]21C. The van der Waals surface area contributed by atoms with Crippen LogP contribution in [0.5, 0.6) is 0 Å². The highest BCUT2D eigenvalue weighted by Gasteiger charge is 2.60. The van der Waals surface area contributed by atoms with E-state index >= 15 is 0 Å². The van der Waals surface area contributed by atoms with E-state index in [2.05, 4.69) is 13.8 Å². The molecule has 0 aromatic heterocycles. The van der Waals surface area contributed by atoms with E-state index in [1.54, 1.807) is 0 Å². The third-order valence-electron chi connectivity index (χ3n) is 9.31. The van der Waals surface area contributed by atoms with Crippen molar-refractivity contribution in [3.05, 3.63) is 11.6 Å². The maximum atomic E-state index is 13.1. The van der Waals surface area contributed by atoms with Crippen molar-refractivity contribution in [2.45, 2.75) is 86.0 Å². The quantitative estimate of drug-likeness (QED) is 0.589. The third kappa shape index (κ3) is 3.39. The first-order chi connectivity index (χ1) is 14.0. The summed E-state index contributed by atoms with van der Waals surface area (Å²) < 4.78 is 5.38. The van der Waals surface area contributed by atoms with E-state index in [0.717, 1.165) is 44.9 Å². The molecule has 0 spiro atoms. The third-order valence-corrected chi connectivity index (χ3v) is 9.31. The Hall–Kier alpha value is -1.45. The Balaban J connectivity index is 1.49. The maximum Gasteiger partial charge on any atom is 0.311 e. The van der Waals surface area contributed by atoms with Gasteiger partial charge in [0.2, 0.25) is 0 Å². The molecule has 4 rings (SSSR count). The predicted octanol–water partition coefficient (Wildman–Crippen LogP) is 5.29. The van der Waals surface area contributed by atoms with Crippen LogP contribution in [0.4, 0.5) is 0 Å². The molecule has 30 heavy (non-hydrogen) atoms. The number of fused-ring (bicyclic) bond motifs is 5. The Morgan fingerprint density at radius 3 is 2.47 bits per heavy atom. The van der Waals surface area contributed by atoms with E-state index in [4.69, 9.17) is 4.74 Å². The van der Waals surface area contributed by atoms with Crippen LogP contribution in [0.25, 0.3) is 0 Å². The van der Waals surface area contributed by atoms with Crippen LogP contribution in [0.3, 0.4) is 0 Å². The lowest BCUT2D eigenvalue weighted by molar-refractivity contribution is -0.158. The highest BCUT2D eigenvalue weighted by molar-refractivity contribution is 5.91. The van der Waals surface area contributed by atoms with Crippen molar-refractivity contribution in [1.29, 1.82) is 0 Å². The molecule has 0 N–H and O–H groups in total. The number of rotatable bonds is 3. The minimum Gasteiger partial charge on any atom is -0.457 e. The average Bonchev–Trinajstić information content (AvgIpc) is 3.03. The molecule has 3 saturated carbocycles. The Morgan fingerprint density at radius 2 is 1.77 bits per heavy atom. The van der Waals surface area contributed by atoms with Gasteiger partial charge in [-0.15, -0.1) is 0 Å². The summed E-state index contributed by atoms with van der Waals surface area (Å²) in [6, 6.07) is 0. The number of ether oxygens (including phenoxy) is 1. The fourth-order valence-corrected chi connectivity index (χ4v) is 7.54. The molecule has 4 aliphatic rings. The van der Waals surface area contributed by atoms with Gasteiger partial charge >= 0.3 is 5.97 Å². The van der Waals surface area contributed by atoms with Crippen LogP contribution < -0.4 is 0 Å². The number of hydrogen-bond donors (Lipinski definition) is 0. The summed E-state index contributed by atoms with van der Waals surface area (Å²) in [6.07, 6.45) is 10.1. The number of hydrogen-bond acceptors (Lipinski definition) is 4. The van der Waals surface area contributed by atoms with Crippen molar-refractivity contribution < 1.29 is 19.1 Å². The average molecular weight is 415 g/mol. The minimum atomic E-state index is -0.579. The van der Waals surface area contributed by atoms with Crippen LogP contribution >= 0.6 is 0 Å². The molecule has 166 valence electrons. The van der Waals surface area contributed by atoms with Crippen LogP contribution in [0.15, 0.2) is 11.6 Å². The van der Waals surface area contributed by atoms with Gasteiger partial charge in [-0.25, -0.2) is 0 Å². The molecule has 4 nitrogen and oxygen atoms in total. The Labute approximate surface area is 181 Å². The molecule has 4 aliphatic carbocycles. The minimum absolute atomic E-state index is 0.00824. The molecule has 0 amide bonds. The number of allylic oxidation sites excluding steroid dienone is 1. The summed E-state index contributed by atoms with van der Waals surface area (Å²) in [5.41, 5.74) is 1.00. The second-order valence-corrected chi connectivity index (χ2v) is 11.9. The van der Waals surface area contributed by atoms with Crippen molar-refractivity contribution in [3.63, 3.8) is 0 Å². The molecular formula is C26H38O4. The molecule has 0 aliphatic heterocycles. The second-order valence-electron chi connectivity index (χ2n) is 11.9. The van der Waals surface area contributed by atoms with Gasteiger partial charge in [-0.3, -0.25) is 14.4 Å². The molecule has 0 radical (unpaired) electrons. The lowest BCUT2D eigenvalue weighted by atomic mass is 9.46. The van der Waals surface area contributed by atoms with Gasteiger partial charge in [0.15, 0.2) is 11.6 Å². The topological polar surface area (TPSA) is 60.4 Å². The summed E-state index contributed by atoms with van der Waals surface area (Å²) in [5.74, 6) is 1.98. The first-order valence-electron chi connectivity index (χ1n) is 11.9. The first kappa shape index (κ1) is 21.8. The standard InChI is InChI=1S/C26H38O4/c1-24(2,3)23(29)30-15-22(28)21-9-8-19-18-7-6-16-14-17(27)10-12-25(16,4)20(18)11-13-26(19,21)5/h14,18-21H,6-13,15H2,1-5H3/t18-,19-,20+,21+,25+,26+/m1/s1. The Kier molecular flexibility index (Phi) is 5.30. The largest absolute Gasteiger partial charge is 0.457 e. The fraction of sp³-hybridized carbons (Fsp3) is 0.808. The van der Waals surface area contributed by atoms with Crippen molar-refractivity contribution in [1.82, 2.24) is 0 Å². The highest BCUT2D eigenvalue weighted by atomic mass is 16.5. The summed E-state index contributed by atoms with van der Waals surface area (Å²) >= 11 is 0. The van der Waals surface area contributed by atoms with Gasteiger partial charge in [0.1, 0.15) is 6.61 Å². The van der Waals surface area contributed by atoms with E-state index in [0.29, 0.717) is 30.0 Å². The predicted molar refractivity (Wildman–Crippen MR) is 116 cm³/mol. The molecule has 0 heterocycles. The molecule has 0 saturated heterocycles. The van der Waals surface area contributed by atoms with Gasteiger partial charge in [0.05, 0.1) is 5.41 Å². The molecule has 3 fully saturated rings. The van der Waals surface area contributed by atoms with Gasteiger partial charge in [-0.2, -0.15) is 0 Å². The van der Waals surface area contributed by atoms with Crippen LogP contribution in [0.1, 0.15) is 86.0 Å². The van der Waals surface area contributed by atoms with E-state index in [9.17, 15) is 14.4 Å². The number of esters is 1. The summed E-state index contributed by atoms with van der Waals surface area (Å²) in [7, 11) is 0. The monoisotopic (exact) mass is 414 g/mol. The lowest BCUT2D eigenvalue weighted by Crippen LogP contribution is -2.51. The number of carbonyl (C=O) groups is 3. The smallest absolute Gasteiger partial charge is 0.311 e. The summed E-state index contributed by atoms with van der Waals surface area (Å²) in [4.78, 5) is 37.2. The molecule has 0 unspecified atom stereocenters. The van der Waals surface area contributed by atoms with E-state index in [1.165, 1.54) is 5.57 Å². The Bertz CT molecular complexity index is 787. The lowest BCUT2D eigenvalue weighted by Gasteiger charge is -2.58. The van der Waals surface area contributed by atoms with Crippen molar-refractivity contribution in [2.75, 3.05) is 6.61 Å². The molecular weight excluding hydrogens is 376 g/mol. The molecule has 4 heteroatoms. The van der Waals surface area contributed by atoms with E-state index in [-0.39, 0.29) is 35.1 Å². The normalized spacial score (nSPS) is 40.7. The van der Waals surface area contributed by atoms with Gasteiger partial charge < -0.3 is 4.74 Å². The van der Waals surface area contributed by atoms with Crippen LogP contribution in [0, 0.1) is 39.9 Å². The summed E-state index contributed by atoms with van der Waals surface area (Å²) in [5, 5.41) is 0. The molecule has 6 atom stereocenters. The van der Waals surface area contributed by atoms with Gasteiger partial charge in [0, 0.05) is 12.3 Å². The van der Waals surface area contributed by atoms with Crippen molar-refractivity contribution >= 4 is 17.5 Å². The zero-order chi connectivity index (χ0) is 21.9. The maximum absolute atomic E-state index is 13.1. The van der Waals surface area contributed by atoms with Gasteiger partial charge in [-0.05, 0) is 100 Å². The van der Waals surface area contributed by atoms with E-state index < -0.39 is 5.41 Å². The molecule has 0 aromatic carbocycles. The fourth-order valence-electron chi connectivity index (χ4n) is 7.54. The number of ketones is 2. The van der Waals surface area contributed by atoms with E-state index in [1.807, 2.05) is 26.8 Å². The number of Topliss-reactive ketones (excluding diaryl/α,β-unsaturated/α-hetero) is 1. The molecule has 0 bridgehead atoms. The van der Waals surface area contributed by atoms with Crippen LogP contribution in [-0.4, -0.2) is 24.1 Å². The zero-order valence-corrected chi connectivity index (χ0v) is 19.4. The second kappa shape index (κ2) is 7.31. The first-order valence-corrected chi connectivity index (χ1v) is 11.9. The van der Waals surface area contributed by atoms with Gasteiger partial charge in [-0.1, -0.05) is 19.4 Å². The van der Waals surface area contributed by atoms with Crippen molar-refractivity contribution in [2.24, 2.45) is 39.9 Å². The van der Waals surface area contributed by atoms with Gasteiger partial charge in [0.25, 0.3) is 0 Å². The Morgan fingerprint density at radius 1 is 1.03 bits per heavy atom. The van der Waals surface area contributed by atoms with Crippen LogP contribution in [-0.2, 0) is 19.1 Å². The van der Waals surface area contributed by atoms with Crippen molar-refractivity contribution in [3.8, 4) is 0 Å². The molecule has 0 aromatic rings. The summed E-state index contributed by atoms with van der Waals surface area (Å²) in [6.45, 7) is 10.1.